The zero-order chi connectivity index (χ0) is 59.5. The number of fused-ring (bicyclic) bond motifs is 3. The third-order valence-electron chi connectivity index (χ3n) is 13.4. The number of benzene rings is 1. The van der Waals surface area contributed by atoms with E-state index in [9.17, 15) is 58.2 Å². The number of amides is 11. The molecule has 454 valence electrons. The first-order valence-electron chi connectivity index (χ1n) is 27.3. The van der Waals surface area contributed by atoms with Crippen LogP contribution in [0.15, 0.2) is 43.0 Å². The van der Waals surface area contributed by atoms with Crippen LogP contribution in [0.4, 0.5) is 4.79 Å². The number of nitrogens with zero attached hydrogens (tertiary/aromatic N) is 4. The van der Waals surface area contributed by atoms with Crippen LogP contribution in [0, 0.1) is 0 Å². The molecule has 6 rings (SSSR count). The number of carbonyl (C=O) groups is 10. The van der Waals surface area contributed by atoms with E-state index in [1.54, 1.807) is 0 Å². The number of aliphatic hydroxyl groups excluding tert-OH is 1. The number of hydrogen-bond donors (Lipinski definition) is 14. The molecule has 32 heteroatoms. The van der Waals surface area contributed by atoms with E-state index in [4.69, 9.17) is 19.9 Å². The number of aromatic hydroxyl groups is 1. The molecule has 3 aliphatic rings. The number of carbonyl (C=O) groups excluding carboxylic acids is 10. The van der Waals surface area contributed by atoms with E-state index in [1.807, 2.05) is 11.8 Å². The van der Waals surface area contributed by atoms with Gasteiger partial charge in [0.05, 0.1) is 82.5 Å². The van der Waals surface area contributed by atoms with Crippen molar-refractivity contribution in [2.24, 2.45) is 5.73 Å². The molecule has 1 unspecified atom stereocenters. The van der Waals surface area contributed by atoms with Crippen molar-refractivity contribution in [1.82, 2.24) is 78.1 Å². The van der Waals surface area contributed by atoms with Gasteiger partial charge in [-0.2, -0.15) is 11.8 Å². The normalized spacial score (nSPS) is 23.4. The number of phenolic OH excluding ortho intramolecular Hbond substituents is 1. The largest absolute Gasteiger partial charge is 0.508 e. The van der Waals surface area contributed by atoms with Gasteiger partial charge in [-0.05, 0) is 49.8 Å². The summed E-state index contributed by atoms with van der Waals surface area (Å²) >= 11 is 1.84. The summed E-state index contributed by atoms with van der Waals surface area (Å²) < 4.78 is 18.1. The van der Waals surface area contributed by atoms with Gasteiger partial charge in [0, 0.05) is 62.2 Å². The van der Waals surface area contributed by atoms with Crippen molar-refractivity contribution in [3.05, 3.63) is 59.9 Å². The fourth-order valence-electron chi connectivity index (χ4n) is 9.04. The Morgan fingerprint density at radius 1 is 0.771 bits per heavy atom. The van der Waals surface area contributed by atoms with Crippen molar-refractivity contribution >= 4 is 71.0 Å². The van der Waals surface area contributed by atoms with Crippen LogP contribution < -0.4 is 58.9 Å². The van der Waals surface area contributed by atoms with Crippen molar-refractivity contribution in [2.45, 2.75) is 118 Å². The van der Waals surface area contributed by atoms with E-state index in [0.717, 1.165) is 25.0 Å². The molecule has 0 spiro atoms. The molecule has 83 heavy (non-hydrogen) atoms. The number of nitrogens with one attached hydrogen (secondary N) is 11. The first kappa shape index (κ1) is 64.2. The van der Waals surface area contributed by atoms with Crippen LogP contribution in [0.3, 0.4) is 0 Å². The maximum Gasteiger partial charge on any atom is 0.315 e. The van der Waals surface area contributed by atoms with Gasteiger partial charge in [-0.1, -0.05) is 23.8 Å². The van der Waals surface area contributed by atoms with Crippen LogP contribution in [-0.2, 0) is 83.2 Å². The molecule has 31 nitrogen and oxygen atoms in total. The van der Waals surface area contributed by atoms with Crippen LogP contribution in [0.2, 0.25) is 0 Å². The molecule has 5 heterocycles. The van der Waals surface area contributed by atoms with Gasteiger partial charge in [-0.15, -0.1) is 5.10 Å². The predicted molar refractivity (Wildman–Crippen MR) is 293 cm³/mol. The summed E-state index contributed by atoms with van der Waals surface area (Å²) in [7, 11) is 0. The Kier molecular flexibility index (Phi) is 26.2. The van der Waals surface area contributed by atoms with Crippen LogP contribution >= 0.6 is 11.8 Å². The highest BCUT2D eigenvalue weighted by Gasteiger charge is 2.42. The number of unbranched alkanes of at least 4 members (excludes halogenated alkanes) is 1. The number of H-pyrrole nitrogens is 1. The molecule has 2 bridgehead atoms. The maximum atomic E-state index is 14.2. The van der Waals surface area contributed by atoms with Crippen molar-refractivity contribution in [3.63, 3.8) is 0 Å². The number of ether oxygens (including phenoxy) is 3. The van der Waals surface area contributed by atoms with Gasteiger partial charge < -0.3 is 88.3 Å². The first-order chi connectivity index (χ1) is 40.0. The molecule has 11 amide bonds. The lowest BCUT2D eigenvalue weighted by atomic mass is 10.0. The van der Waals surface area contributed by atoms with Crippen LogP contribution in [0.5, 0.6) is 5.75 Å². The Hall–Kier alpha value is -7.94. The summed E-state index contributed by atoms with van der Waals surface area (Å²) in [6.07, 6.45) is 7.58. The van der Waals surface area contributed by atoms with E-state index in [1.165, 1.54) is 47.7 Å². The van der Waals surface area contributed by atoms with Crippen molar-refractivity contribution in [1.29, 1.82) is 0 Å². The monoisotopic (exact) mass is 1180 g/mol. The lowest BCUT2D eigenvalue weighted by Gasteiger charge is -2.23. The van der Waals surface area contributed by atoms with Crippen molar-refractivity contribution in [3.8, 4) is 5.75 Å². The van der Waals surface area contributed by atoms with Gasteiger partial charge in [0.15, 0.2) is 0 Å². The van der Waals surface area contributed by atoms with Crippen LogP contribution in [0.1, 0.15) is 61.9 Å². The number of phenols is 1. The lowest BCUT2D eigenvalue weighted by molar-refractivity contribution is -0.134. The number of aryl methyl sites for hydroxylation is 1. The molecule has 3 aliphatic heterocycles. The average Bonchev–Trinajstić information content (AvgIpc) is 4.30. The SMILES string of the molecule is NC(=O)[C@@H]1CCCCn2cc(nn2)C[C@H](NC(=O)COCCOCCOCCNC(=O)CCCCC2SC[C@H]3NC(=O)N[C@@H]23)C(=O)N[C@@H](Cc2c[nH]cn2)C(=O)NCC(=O)N[C@@H](CO)C(=O)N[C@@H](Cc2ccc(O)cc2)C(=O)NCC(=O)N1. The van der Waals surface area contributed by atoms with E-state index in [-0.39, 0.29) is 101 Å². The molecule has 1 aromatic carbocycles. The van der Waals surface area contributed by atoms with Gasteiger partial charge >= 0.3 is 6.03 Å². The average molecular weight is 1180 g/mol. The Morgan fingerprint density at radius 3 is 2.18 bits per heavy atom. The second-order valence-corrected chi connectivity index (χ2v) is 21.1. The fraction of sp³-hybridized carbons (Fsp3) is 0.588. The Bertz CT molecular complexity index is 2650. The summed E-state index contributed by atoms with van der Waals surface area (Å²) in [5.41, 5.74) is 6.66. The highest BCUT2D eigenvalue weighted by Crippen LogP contribution is 2.33. The number of aromatic nitrogens is 5. The quantitative estimate of drug-likeness (QED) is 0.0312. The highest BCUT2D eigenvalue weighted by molar-refractivity contribution is 8.00. The number of urea groups is 1. The van der Waals surface area contributed by atoms with Crippen LogP contribution in [-0.4, -0.2) is 214 Å². The minimum absolute atomic E-state index is 0.00491. The predicted octanol–water partition coefficient (Wildman–Crippen LogP) is -5.06. The van der Waals surface area contributed by atoms with E-state index in [2.05, 4.69) is 73.4 Å². The number of aliphatic hydroxyl groups is 1. The highest BCUT2D eigenvalue weighted by atomic mass is 32.2. The number of thioether (sulfide) groups is 1. The maximum absolute atomic E-state index is 14.2. The molecular formula is C51H74N16O15S. The zero-order valence-corrected chi connectivity index (χ0v) is 46.5. The summed E-state index contributed by atoms with van der Waals surface area (Å²) in [4.78, 5) is 138. The molecule has 0 saturated carbocycles. The summed E-state index contributed by atoms with van der Waals surface area (Å²) in [5.74, 6) is -6.13. The third kappa shape index (κ3) is 22.4. The van der Waals surface area contributed by atoms with E-state index in [0.29, 0.717) is 42.3 Å². The zero-order valence-electron chi connectivity index (χ0n) is 45.7. The molecule has 0 radical (unpaired) electrons. The summed E-state index contributed by atoms with van der Waals surface area (Å²) in [6, 6.07) is -1.09. The third-order valence-corrected chi connectivity index (χ3v) is 14.9. The minimum atomic E-state index is -1.66. The van der Waals surface area contributed by atoms with Gasteiger partial charge in [0.1, 0.15) is 42.6 Å². The standard InChI is InChI=1S/C51H74N16O15S/c52-46(74)34-5-3-4-13-67-25-32(65-66-67)21-37(59-44(73)27-82-18-17-81-16-15-80-14-12-54-41(70)7-2-1-6-40-45-39(28-83-40)63-51(79)64-45)49(77)62-36(20-31-22-53-29-57-31)48(76)56-24-43(72)60-38(26-68)50(78)61-35(47(75)55-23-42(71)58-34)19-30-8-10-33(69)11-9-30/h8-11,22,25,29,34-40,45,68-69H,1-7,12-21,23-24,26-28H2,(H2,52,74)(H,53,57)(H,54,70)(H,55,75)(H,56,76)(H,58,71)(H,59,73)(H,60,72)(H,61,78)(H,62,77)(H2,63,64,79)/t34-,35-,36-,37-,38-,39+,40?,45+/m0/s1. The second kappa shape index (κ2) is 33.9. The number of hydrogen-bond acceptors (Lipinski definition) is 19. The number of imidazole rings is 1. The molecule has 15 N–H and O–H groups in total. The molecule has 2 saturated heterocycles. The summed E-state index contributed by atoms with van der Waals surface area (Å²) in [6.45, 7) is -1.44. The van der Waals surface area contributed by atoms with Crippen LogP contribution in [0.25, 0.3) is 0 Å². The molecule has 3 aromatic rings. The topological polar surface area (TPSA) is 445 Å². The number of aromatic amines is 1. The molecule has 2 aromatic heterocycles. The van der Waals surface area contributed by atoms with Crippen molar-refractivity contribution < 1.29 is 72.4 Å². The fourth-order valence-corrected chi connectivity index (χ4v) is 10.6. The second-order valence-electron chi connectivity index (χ2n) is 19.8. The Morgan fingerprint density at radius 2 is 1.47 bits per heavy atom. The smallest absolute Gasteiger partial charge is 0.315 e. The number of nitrogens with two attached hydrogens (primary N) is 1. The van der Waals surface area contributed by atoms with Gasteiger partial charge in [0.2, 0.25) is 53.2 Å². The van der Waals surface area contributed by atoms with Gasteiger partial charge in [0.25, 0.3) is 0 Å². The van der Waals surface area contributed by atoms with E-state index >= 15 is 0 Å². The van der Waals surface area contributed by atoms with E-state index < -0.39 is 104 Å². The van der Waals surface area contributed by atoms with Crippen molar-refractivity contribution in [2.75, 3.05) is 71.6 Å². The summed E-state index contributed by atoms with van der Waals surface area (Å²) in [5, 5.41) is 54.7. The number of rotatable bonds is 23. The molecular weight excluding hydrogens is 1110 g/mol. The Labute approximate surface area is 481 Å². The molecule has 0 aliphatic carbocycles. The van der Waals surface area contributed by atoms with Gasteiger partial charge in [-0.3, -0.25) is 47.8 Å². The Balaban J connectivity index is 1.01. The lowest BCUT2D eigenvalue weighted by Crippen LogP contribution is -2.58. The number of primary amides is 1. The van der Waals surface area contributed by atoms with Gasteiger partial charge in [-0.25, -0.2) is 9.78 Å². The minimum Gasteiger partial charge on any atom is -0.508 e. The molecule has 2 fully saturated rings. The molecule has 8 atom stereocenters. The first-order valence-corrected chi connectivity index (χ1v) is 28.4.